The van der Waals surface area contributed by atoms with Crippen LogP contribution in [0.3, 0.4) is 0 Å². The van der Waals surface area contributed by atoms with Gasteiger partial charge in [-0.1, -0.05) is 36.7 Å². The Morgan fingerprint density at radius 1 is 1.08 bits per heavy atom. The van der Waals surface area contributed by atoms with E-state index in [-0.39, 0.29) is 24.5 Å². The van der Waals surface area contributed by atoms with Crippen molar-refractivity contribution in [1.29, 1.82) is 0 Å². The van der Waals surface area contributed by atoms with Crippen molar-refractivity contribution in [3.63, 3.8) is 0 Å². The molecular weight excluding hydrogens is 522 g/mol. The van der Waals surface area contributed by atoms with E-state index in [0.29, 0.717) is 48.1 Å². The molecule has 204 valence electrons. The molecule has 1 aromatic heterocycles. The predicted octanol–water partition coefficient (Wildman–Crippen LogP) is 6.63. The fraction of sp³-hybridized carbons (Fsp3) is 0.379. The number of hydrogen-bond acceptors (Lipinski definition) is 5. The first-order valence-corrected chi connectivity index (χ1v) is 13.9. The van der Waals surface area contributed by atoms with Gasteiger partial charge in [0, 0.05) is 28.2 Å². The van der Waals surface area contributed by atoms with Gasteiger partial charge in [0.05, 0.1) is 20.8 Å². The van der Waals surface area contributed by atoms with E-state index in [0.717, 1.165) is 16.0 Å². The Kier molecular flexibility index (Phi) is 10.9. The SMILES string of the molecule is CCC(C)N(CC(=O)N(CCc1ccc(OC)c(OC)c1)Cc1cccs1)C(=O)Nc1ccc(C)c(Cl)c1. The molecule has 3 rings (SSSR count). The maximum atomic E-state index is 13.6. The average Bonchev–Trinajstić information content (AvgIpc) is 3.44. The summed E-state index contributed by atoms with van der Waals surface area (Å²) in [5.41, 5.74) is 2.55. The minimum atomic E-state index is -0.330. The molecule has 3 aromatic rings. The maximum Gasteiger partial charge on any atom is 0.322 e. The molecule has 0 aliphatic heterocycles. The predicted molar refractivity (Wildman–Crippen MR) is 155 cm³/mol. The molecule has 2 aromatic carbocycles. The Hall–Kier alpha value is -3.23. The van der Waals surface area contributed by atoms with Crippen LogP contribution < -0.4 is 14.8 Å². The van der Waals surface area contributed by atoms with E-state index in [1.54, 1.807) is 36.5 Å². The van der Waals surface area contributed by atoms with Crippen LogP contribution in [-0.2, 0) is 17.8 Å². The van der Waals surface area contributed by atoms with Crippen molar-refractivity contribution in [2.24, 2.45) is 0 Å². The fourth-order valence-electron chi connectivity index (χ4n) is 3.94. The Balaban J connectivity index is 1.76. The molecule has 0 aliphatic rings. The molecule has 0 saturated heterocycles. The summed E-state index contributed by atoms with van der Waals surface area (Å²) in [5.74, 6) is 1.20. The fourth-order valence-corrected chi connectivity index (χ4v) is 4.84. The van der Waals surface area contributed by atoms with Gasteiger partial charge in [-0.25, -0.2) is 4.79 Å². The molecule has 0 radical (unpaired) electrons. The number of hydrogen-bond donors (Lipinski definition) is 1. The number of rotatable bonds is 12. The highest BCUT2D eigenvalue weighted by Gasteiger charge is 2.25. The molecule has 1 heterocycles. The van der Waals surface area contributed by atoms with E-state index < -0.39 is 0 Å². The highest BCUT2D eigenvalue weighted by molar-refractivity contribution is 7.09. The molecule has 0 aliphatic carbocycles. The van der Waals surface area contributed by atoms with Crippen LogP contribution >= 0.6 is 22.9 Å². The molecule has 0 spiro atoms. The van der Waals surface area contributed by atoms with Gasteiger partial charge in [-0.2, -0.15) is 0 Å². The summed E-state index contributed by atoms with van der Waals surface area (Å²) in [6.45, 7) is 6.80. The second-order valence-electron chi connectivity index (χ2n) is 9.11. The Morgan fingerprint density at radius 3 is 2.47 bits per heavy atom. The van der Waals surface area contributed by atoms with Crippen LogP contribution in [0, 0.1) is 6.92 Å². The number of nitrogens with one attached hydrogen (secondary N) is 1. The summed E-state index contributed by atoms with van der Waals surface area (Å²) >= 11 is 7.85. The van der Waals surface area contributed by atoms with Crippen LogP contribution in [0.1, 0.15) is 36.3 Å². The van der Waals surface area contributed by atoms with E-state index in [1.165, 1.54) is 0 Å². The number of aryl methyl sites for hydroxylation is 1. The standard InChI is InChI=1S/C29H36ClN3O4S/c1-6-21(3)33(29(35)31-23-11-9-20(2)25(30)17-23)19-28(34)32(18-24-8-7-15-38-24)14-13-22-10-12-26(36-4)27(16-22)37-5/h7-12,15-17,21H,6,13-14,18-19H2,1-5H3,(H,31,35). The summed E-state index contributed by atoms with van der Waals surface area (Å²) in [6, 6.07) is 14.7. The minimum Gasteiger partial charge on any atom is -0.493 e. The molecule has 38 heavy (non-hydrogen) atoms. The summed E-state index contributed by atoms with van der Waals surface area (Å²) in [4.78, 5) is 31.4. The maximum absolute atomic E-state index is 13.6. The Labute approximate surface area is 234 Å². The van der Waals surface area contributed by atoms with Gasteiger partial charge in [-0.05, 0) is 73.5 Å². The number of urea groups is 1. The quantitative estimate of drug-likeness (QED) is 0.271. The molecule has 0 bridgehead atoms. The van der Waals surface area contributed by atoms with Gasteiger partial charge < -0.3 is 24.6 Å². The smallest absolute Gasteiger partial charge is 0.322 e. The van der Waals surface area contributed by atoms with Crippen molar-refractivity contribution >= 4 is 40.6 Å². The van der Waals surface area contributed by atoms with Crippen LogP contribution in [0.15, 0.2) is 53.9 Å². The first kappa shape index (κ1) is 29.3. The largest absolute Gasteiger partial charge is 0.493 e. The van der Waals surface area contributed by atoms with E-state index >= 15 is 0 Å². The van der Waals surface area contributed by atoms with Crippen LogP contribution in [-0.4, -0.2) is 55.1 Å². The van der Waals surface area contributed by atoms with Gasteiger partial charge >= 0.3 is 6.03 Å². The normalized spacial score (nSPS) is 11.5. The van der Waals surface area contributed by atoms with E-state index in [2.05, 4.69) is 5.32 Å². The summed E-state index contributed by atoms with van der Waals surface area (Å²) < 4.78 is 10.8. The topological polar surface area (TPSA) is 71.1 Å². The molecular formula is C29H36ClN3O4S. The van der Waals surface area contributed by atoms with Gasteiger partial charge in [-0.3, -0.25) is 4.79 Å². The monoisotopic (exact) mass is 557 g/mol. The van der Waals surface area contributed by atoms with Crippen molar-refractivity contribution in [3.8, 4) is 11.5 Å². The number of ether oxygens (including phenoxy) is 2. The molecule has 1 unspecified atom stereocenters. The number of amides is 3. The lowest BCUT2D eigenvalue weighted by Gasteiger charge is -2.31. The molecule has 1 N–H and O–H groups in total. The molecule has 9 heteroatoms. The van der Waals surface area contributed by atoms with Crippen molar-refractivity contribution in [2.75, 3.05) is 32.6 Å². The number of carbonyl (C=O) groups excluding carboxylic acids is 2. The van der Waals surface area contributed by atoms with E-state index in [1.807, 2.05) is 73.5 Å². The van der Waals surface area contributed by atoms with Gasteiger partial charge in [0.1, 0.15) is 6.54 Å². The molecule has 1 atom stereocenters. The lowest BCUT2D eigenvalue weighted by Crippen LogP contribution is -2.48. The molecule has 0 saturated carbocycles. The van der Waals surface area contributed by atoms with Crippen molar-refractivity contribution in [2.45, 2.75) is 46.2 Å². The number of anilines is 1. The minimum absolute atomic E-state index is 0.0300. The average molecular weight is 558 g/mol. The lowest BCUT2D eigenvalue weighted by atomic mass is 10.1. The summed E-state index contributed by atoms with van der Waals surface area (Å²) in [7, 11) is 3.21. The summed E-state index contributed by atoms with van der Waals surface area (Å²) in [5, 5.41) is 5.48. The van der Waals surface area contributed by atoms with E-state index in [4.69, 9.17) is 21.1 Å². The van der Waals surface area contributed by atoms with E-state index in [9.17, 15) is 9.59 Å². The van der Waals surface area contributed by atoms with Crippen molar-refractivity contribution in [3.05, 3.63) is 74.9 Å². The van der Waals surface area contributed by atoms with Crippen LogP contribution in [0.5, 0.6) is 11.5 Å². The Bertz CT molecular complexity index is 1220. The third kappa shape index (κ3) is 7.88. The zero-order valence-electron chi connectivity index (χ0n) is 22.6. The Morgan fingerprint density at radius 2 is 1.84 bits per heavy atom. The highest BCUT2D eigenvalue weighted by atomic mass is 35.5. The summed E-state index contributed by atoms with van der Waals surface area (Å²) in [6.07, 6.45) is 1.35. The molecule has 0 fully saturated rings. The van der Waals surface area contributed by atoms with Gasteiger partial charge in [0.2, 0.25) is 5.91 Å². The molecule has 7 nitrogen and oxygen atoms in total. The number of benzene rings is 2. The van der Waals surface area contributed by atoms with Crippen molar-refractivity contribution < 1.29 is 19.1 Å². The number of methoxy groups -OCH3 is 2. The van der Waals surface area contributed by atoms with Gasteiger partial charge in [0.15, 0.2) is 11.5 Å². The molecule has 3 amide bonds. The zero-order valence-corrected chi connectivity index (χ0v) is 24.2. The van der Waals surface area contributed by atoms with Gasteiger partial charge in [0.25, 0.3) is 0 Å². The number of carbonyl (C=O) groups is 2. The second-order valence-corrected chi connectivity index (χ2v) is 10.6. The number of nitrogens with zero attached hydrogens (tertiary/aromatic N) is 2. The van der Waals surface area contributed by atoms with Crippen LogP contribution in [0.25, 0.3) is 0 Å². The van der Waals surface area contributed by atoms with Crippen LogP contribution in [0.4, 0.5) is 10.5 Å². The second kappa shape index (κ2) is 14.1. The third-order valence-electron chi connectivity index (χ3n) is 6.51. The van der Waals surface area contributed by atoms with Gasteiger partial charge in [-0.15, -0.1) is 11.3 Å². The first-order valence-electron chi connectivity index (χ1n) is 12.6. The lowest BCUT2D eigenvalue weighted by molar-refractivity contribution is -0.132. The van der Waals surface area contributed by atoms with Crippen LogP contribution in [0.2, 0.25) is 5.02 Å². The highest BCUT2D eigenvalue weighted by Crippen LogP contribution is 2.28. The number of thiophene rings is 1. The number of halogens is 1. The third-order valence-corrected chi connectivity index (χ3v) is 7.78. The zero-order chi connectivity index (χ0) is 27.7. The first-order chi connectivity index (χ1) is 18.2. The van der Waals surface area contributed by atoms with Crippen molar-refractivity contribution in [1.82, 2.24) is 9.80 Å².